The van der Waals surface area contributed by atoms with Crippen molar-refractivity contribution in [2.45, 2.75) is 13.5 Å². The second-order valence-corrected chi connectivity index (χ2v) is 8.06. The minimum atomic E-state index is -0.125. The standard InChI is InChI=1S/C23H18ClN3O2S/c1-16-5-2-3-6-18(16)13-21-22(28)27(15-20-7-4-12-29-20)23(30-21)26-25-14-17-8-10-19(24)11-9-17/h2-14H,15H2,1H3/b21-13-,25-14-,26-23+. The Labute approximate surface area is 183 Å². The second-order valence-electron chi connectivity index (χ2n) is 6.62. The number of hydrogen-bond donors (Lipinski definition) is 0. The van der Waals surface area contributed by atoms with Crippen LogP contribution in [-0.4, -0.2) is 22.2 Å². The van der Waals surface area contributed by atoms with Crippen LogP contribution in [0.1, 0.15) is 22.5 Å². The lowest BCUT2D eigenvalue weighted by Gasteiger charge is -2.12. The van der Waals surface area contributed by atoms with Gasteiger partial charge in [0.25, 0.3) is 5.91 Å². The van der Waals surface area contributed by atoms with Crippen LogP contribution in [0.15, 0.2) is 86.5 Å². The molecule has 1 amide bonds. The van der Waals surface area contributed by atoms with Gasteiger partial charge in [0.05, 0.1) is 23.9 Å². The molecule has 0 saturated carbocycles. The van der Waals surface area contributed by atoms with Gasteiger partial charge in [-0.1, -0.05) is 48.0 Å². The number of aryl methyl sites for hydroxylation is 1. The van der Waals surface area contributed by atoms with E-state index in [2.05, 4.69) is 10.2 Å². The van der Waals surface area contributed by atoms with Crippen molar-refractivity contribution in [2.24, 2.45) is 10.2 Å². The van der Waals surface area contributed by atoms with Crippen molar-refractivity contribution in [3.63, 3.8) is 0 Å². The summed E-state index contributed by atoms with van der Waals surface area (Å²) in [5.41, 5.74) is 2.96. The van der Waals surface area contributed by atoms with Gasteiger partial charge in [0.2, 0.25) is 0 Å². The van der Waals surface area contributed by atoms with E-state index in [4.69, 9.17) is 16.0 Å². The molecule has 1 aliphatic heterocycles. The van der Waals surface area contributed by atoms with Gasteiger partial charge in [-0.15, -0.1) is 5.10 Å². The number of carbonyl (C=O) groups excluding carboxylic acids is 1. The van der Waals surface area contributed by atoms with E-state index >= 15 is 0 Å². The van der Waals surface area contributed by atoms with Crippen molar-refractivity contribution >= 4 is 46.7 Å². The lowest BCUT2D eigenvalue weighted by Crippen LogP contribution is -2.28. The number of amides is 1. The molecule has 0 bridgehead atoms. The first-order valence-electron chi connectivity index (χ1n) is 9.26. The topological polar surface area (TPSA) is 58.2 Å². The van der Waals surface area contributed by atoms with E-state index in [1.165, 1.54) is 11.8 Å². The van der Waals surface area contributed by atoms with Crippen molar-refractivity contribution in [1.82, 2.24) is 4.90 Å². The van der Waals surface area contributed by atoms with Gasteiger partial charge in [-0.05, 0) is 65.7 Å². The second kappa shape index (κ2) is 9.15. The quantitative estimate of drug-likeness (QED) is 0.291. The zero-order valence-corrected chi connectivity index (χ0v) is 17.7. The van der Waals surface area contributed by atoms with Crippen LogP contribution in [0.3, 0.4) is 0 Å². The van der Waals surface area contributed by atoms with Crippen LogP contribution in [0, 0.1) is 6.92 Å². The highest BCUT2D eigenvalue weighted by Crippen LogP contribution is 2.34. The Morgan fingerprint density at radius 3 is 2.63 bits per heavy atom. The van der Waals surface area contributed by atoms with Crippen LogP contribution < -0.4 is 0 Å². The van der Waals surface area contributed by atoms with Gasteiger partial charge < -0.3 is 4.42 Å². The van der Waals surface area contributed by atoms with Crippen LogP contribution in [0.25, 0.3) is 6.08 Å². The lowest BCUT2D eigenvalue weighted by molar-refractivity contribution is -0.122. The summed E-state index contributed by atoms with van der Waals surface area (Å²) in [6.07, 6.45) is 5.11. The van der Waals surface area contributed by atoms with Gasteiger partial charge >= 0.3 is 0 Å². The van der Waals surface area contributed by atoms with Crippen LogP contribution in [-0.2, 0) is 11.3 Å². The summed E-state index contributed by atoms with van der Waals surface area (Å²) in [5, 5.41) is 9.64. The Balaban J connectivity index is 1.63. The zero-order chi connectivity index (χ0) is 20.9. The fourth-order valence-electron chi connectivity index (χ4n) is 2.86. The maximum Gasteiger partial charge on any atom is 0.267 e. The van der Waals surface area contributed by atoms with Crippen LogP contribution in [0.2, 0.25) is 5.02 Å². The molecule has 0 spiro atoms. The molecule has 0 aliphatic carbocycles. The highest BCUT2D eigenvalue weighted by atomic mass is 35.5. The molecule has 2 heterocycles. The van der Waals surface area contributed by atoms with Crippen LogP contribution >= 0.6 is 23.4 Å². The van der Waals surface area contributed by atoms with E-state index in [0.29, 0.717) is 27.4 Å². The molecule has 150 valence electrons. The first-order valence-corrected chi connectivity index (χ1v) is 10.5. The molecule has 2 aromatic carbocycles. The monoisotopic (exact) mass is 435 g/mol. The summed E-state index contributed by atoms with van der Waals surface area (Å²) in [5.74, 6) is 0.551. The molecule has 1 aliphatic rings. The average molecular weight is 436 g/mol. The van der Waals surface area contributed by atoms with Crippen molar-refractivity contribution in [3.8, 4) is 0 Å². The third-order valence-electron chi connectivity index (χ3n) is 4.48. The minimum absolute atomic E-state index is 0.125. The molecule has 1 saturated heterocycles. The normalized spacial score (nSPS) is 17.0. The van der Waals surface area contributed by atoms with Gasteiger partial charge in [0, 0.05) is 5.02 Å². The smallest absolute Gasteiger partial charge is 0.267 e. The zero-order valence-electron chi connectivity index (χ0n) is 16.2. The Morgan fingerprint density at radius 2 is 1.90 bits per heavy atom. The predicted octanol–water partition coefficient (Wildman–Crippen LogP) is 5.75. The number of furan rings is 1. The SMILES string of the molecule is Cc1ccccc1/C=C1\S/C(=N/N=C\c2ccc(Cl)cc2)N(Cc2ccco2)C1=O. The number of rotatable bonds is 5. The molecular formula is C23H18ClN3O2S. The number of nitrogens with zero attached hydrogens (tertiary/aromatic N) is 3. The third-order valence-corrected chi connectivity index (χ3v) is 5.73. The first-order chi connectivity index (χ1) is 14.6. The fourth-order valence-corrected chi connectivity index (χ4v) is 3.92. The van der Waals surface area contributed by atoms with E-state index in [1.54, 1.807) is 35.6 Å². The van der Waals surface area contributed by atoms with E-state index in [9.17, 15) is 4.79 Å². The number of amidine groups is 1. The maximum atomic E-state index is 13.1. The summed E-state index contributed by atoms with van der Waals surface area (Å²) in [4.78, 5) is 15.2. The highest BCUT2D eigenvalue weighted by molar-refractivity contribution is 8.18. The van der Waals surface area contributed by atoms with Gasteiger partial charge in [-0.3, -0.25) is 9.69 Å². The number of benzene rings is 2. The molecule has 0 unspecified atom stereocenters. The molecule has 7 heteroatoms. The van der Waals surface area contributed by atoms with Gasteiger partial charge in [-0.25, -0.2) is 0 Å². The molecule has 0 radical (unpaired) electrons. The van der Waals surface area contributed by atoms with E-state index in [1.807, 2.05) is 55.5 Å². The molecule has 1 aromatic heterocycles. The van der Waals surface area contributed by atoms with Crippen molar-refractivity contribution in [1.29, 1.82) is 0 Å². The summed E-state index contributed by atoms with van der Waals surface area (Å²) in [6, 6.07) is 18.8. The summed E-state index contributed by atoms with van der Waals surface area (Å²) in [6.45, 7) is 2.31. The van der Waals surface area contributed by atoms with Crippen molar-refractivity contribution < 1.29 is 9.21 Å². The molecule has 0 atom stereocenters. The summed E-state index contributed by atoms with van der Waals surface area (Å²) < 4.78 is 5.42. The number of thioether (sulfide) groups is 1. The maximum absolute atomic E-state index is 13.1. The first kappa shape index (κ1) is 20.2. The molecular weight excluding hydrogens is 418 g/mol. The van der Waals surface area contributed by atoms with Crippen LogP contribution in [0.4, 0.5) is 0 Å². The van der Waals surface area contributed by atoms with Gasteiger partial charge in [0.1, 0.15) is 5.76 Å². The van der Waals surface area contributed by atoms with Gasteiger partial charge in [0.15, 0.2) is 5.17 Å². The Bertz CT molecular complexity index is 1140. The Kier molecular flexibility index (Phi) is 6.16. The largest absolute Gasteiger partial charge is 0.467 e. The van der Waals surface area contributed by atoms with E-state index in [-0.39, 0.29) is 5.91 Å². The highest BCUT2D eigenvalue weighted by Gasteiger charge is 2.34. The summed E-state index contributed by atoms with van der Waals surface area (Å²) >= 11 is 7.21. The average Bonchev–Trinajstić information content (AvgIpc) is 3.35. The molecule has 0 N–H and O–H groups in total. The van der Waals surface area contributed by atoms with E-state index in [0.717, 1.165) is 16.7 Å². The number of halogens is 1. The van der Waals surface area contributed by atoms with Crippen molar-refractivity contribution in [3.05, 3.63) is 99.3 Å². The number of carbonyl (C=O) groups is 1. The fraction of sp³-hybridized carbons (Fsp3) is 0.0870. The minimum Gasteiger partial charge on any atom is -0.467 e. The Morgan fingerprint density at radius 1 is 1.10 bits per heavy atom. The number of hydrogen-bond acceptors (Lipinski definition) is 5. The third kappa shape index (κ3) is 4.72. The van der Waals surface area contributed by atoms with Crippen LogP contribution in [0.5, 0.6) is 0 Å². The molecule has 5 nitrogen and oxygen atoms in total. The molecule has 30 heavy (non-hydrogen) atoms. The lowest BCUT2D eigenvalue weighted by atomic mass is 10.1. The molecule has 1 fully saturated rings. The predicted molar refractivity (Wildman–Crippen MR) is 122 cm³/mol. The Hall–Kier alpha value is -3.09. The van der Waals surface area contributed by atoms with Crippen molar-refractivity contribution in [2.75, 3.05) is 0 Å². The summed E-state index contributed by atoms with van der Waals surface area (Å²) in [7, 11) is 0. The van der Waals surface area contributed by atoms with Gasteiger partial charge in [-0.2, -0.15) is 5.10 Å². The molecule has 4 rings (SSSR count). The van der Waals surface area contributed by atoms with E-state index < -0.39 is 0 Å². The molecule has 3 aromatic rings.